The predicted octanol–water partition coefficient (Wildman–Crippen LogP) is 1.86. The van der Waals surface area contributed by atoms with Gasteiger partial charge in [0, 0.05) is 25.2 Å². The Labute approximate surface area is 148 Å². The van der Waals surface area contributed by atoms with Gasteiger partial charge < -0.3 is 24.8 Å². The Morgan fingerprint density at radius 2 is 1.50 bits per heavy atom. The van der Waals surface area contributed by atoms with Crippen molar-refractivity contribution in [2.24, 2.45) is 0 Å². The fourth-order valence-corrected chi connectivity index (χ4v) is 3.30. The van der Waals surface area contributed by atoms with Gasteiger partial charge >= 0.3 is 17.1 Å². The van der Waals surface area contributed by atoms with E-state index in [1.54, 1.807) is 23.1 Å². The van der Waals surface area contributed by atoms with Crippen LogP contribution in [0.5, 0.6) is 11.5 Å². The molecule has 26 heavy (non-hydrogen) atoms. The highest BCUT2D eigenvalue weighted by molar-refractivity contribution is 5.85. The summed E-state index contributed by atoms with van der Waals surface area (Å²) in [4.78, 5) is 13.9. The van der Waals surface area contributed by atoms with Gasteiger partial charge in [-0.15, -0.1) is 0 Å². The SMILES string of the molecule is COc1cccc2c1[n+]([O-])c1cccc(OC(=O)N3CCCC3)c1[n+]2[O-]. The lowest BCUT2D eigenvalue weighted by molar-refractivity contribution is -0.591. The van der Waals surface area contributed by atoms with Crippen molar-refractivity contribution >= 4 is 28.2 Å². The third-order valence-electron chi connectivity index (χ3n) is 4.58. The van der Waals surface area contributed by atoms with Crippen molar-refractivity contribution in [3.63, 3.8) is 0 Å². The fourth-order valence-electron chi connectivity index (χ4n) is 3.30. The van der Waals surface area contributed by atoms with E-state index in [0.717, 1.165) is 12.8 Å². The summed E-state index contributed by atoms with van der Waals surface area (Å²) in [6.45, 7) is 1.26. The normalized spacial score (nSPS) is 14.1. The van der Waals surface area contributed by atoms with Crippen LogP contribution < -0.4 is 18.9 Å². The topological polar surface area (TPSA) is 92.7 Å². The average Bonchev–Trinajstić information content (AvgIpc) is 3.20. The van der Waals surface area contributed by atoms with Crippen molar-refractivity contribution in [2.75, 3.05) is 20.2 Å². The minimum Gasteiger partial charge on any atom is -0.617 e. The molecular formula is C18H17N3O5. The minimum absolute atomic E-state index is 0.0100. The molecule has 1 fully saturated rings. The van der Waals surface area contributed by atoms with E-state index in [4.69, 9.17) is 9.47 Å². The molecule has 4 rings (SSSR count). The highest BCUT2D eigenvalue weighted by Crippen LogP contribution is 2.27. The Morgan fingerprint density at radius 1 is 0.962 bits per heavy atom. The highest BCUT2D eigenvalue weighted by Gasteiger charge is 2.29. The number of carbonyl (C=O) groups is 1. The number of benzene rings is 2. The molecule has 1 saturated heterocycles. The Bertz CT molecular complexity index is 1010. The summed E-state index contributed by atoms with van der Waals surface area (Å²) in [5, 5.41) is 25.8. The van der Waals surface area contributed by atoms with Crippen molar-refractivity contribution in [1.29, 1.82) is 0 Å². The van der Waals surface area contributed by atoms with Gasteiger partial charge in [0.05, 0.1) is 7.11 Å². The van der Waals surface area contributed by atoms with Gasteiger partial charge in [-0.25, -0.2) is 4.79 Å². The van der Waals surface area contributed by atoms with E-state index in [1.807, 2.05) is 0 Å². The Hall–Kier alpha value is -3.29. The summed E-state index contributed by atoms with van der Waals surface area (Å²) in [5.41, 5.74) is 0.372. The second kappa shape index (κ2) is 6.21. The maximum atomic E-state index is 12.9. The number of rotatable bonds is 2. The molecule has 3 aromatic rings. The third-order valence-corrected chi connectivity index (χ3v) is 4.58. The van der Waals surface area contributed by atoms with Crippen LogP contribution in [0.4, 0.5) is 4.79 Å². The van der Waals surface area contributed by atoms with Crippen LogP contribution in [0.3, 0.4) is 0 Å². The standard InChI is InChI=1S/C18H17N3O5/c1-25-14-8-4-6-12-16(14)20(23)13-7-5-9-15(17(13)21(12)24)26-18(22)19-10-2-3-11-19/h4-9H,2-3,10-11H2,1H3. The van der Waals surface area contributed by atoms with E-state index >= 15 is 0 Å². The number of hydrogen-bond acceptors (Lipinski definition) is 5. The van der Waals surface area contributed by atoms with E-state index in [0.29, 0.717) is 28.3 Å². The molecule has 0 N–H and O–H groups in total. The molecule has 0 saturated carbocycles. The summed E-state index contributed by atoms with van der Waals surface area (Å²) in [6, 6.07) is 9.36. The number of amides is 1. The van der Waals surface area contributed by atoms with Crippen molar-refractivity contribution in [2.45, 2.75) is 12.8 Å². The predicted molar refractivity (Wildman–Crippen MR) is 92.8 cm³/mol. The largest absolute Gasteiger partial charge is 0.617 e. The van der Waals surface area contributed by atoms with E-state index in [2.05, 4.69) is 0 Å². The molecule has 0 spiro atoms. The summed E-state index contributed by atoms with van der Waals surface area (Å²) in [6.07, 6.45) is 1.34. The molecule has 0 bridgehead atoms. The van der Waals surface area contributed by atoms with Gasteiger partial charge in [0.25, 0.3) is 11.0 Å². The van der Waals surface area contributed by atoms with E-state index in [-0.39, 0.29) is 27.8 Å². The molecule has 0 aliphatic carbocycles. The number of aromatic nitrogens is 2. The third kappa shape index (κ3) is 2.42. The number of ether oxygens (including phenoxy) is 2. The number of para-hydroxylation sites is 2. The minimum atomic E-state index is -0.516. The maximum absolute atomic E-state index is 12.9. The molecule has 134 valence electrons. The molecule has 1 aromatic heterocycles. The van der Waals surface area contributed by atoms with Crippen LogP contribution in [0, 0.1) is 10.4 Å². The molecule has 1 aliphatic heterocycles. The van der Waals surface area contributed by atoms with Crippen molar-refractivity contribution in [1.82, 2.24) is 4.90 Å². The van der Waals surface area contributed by atoms with Crippen LogP contribution in [0.2, 0.25) is 0 Å². The Balaban J connectivity index is 1.92. The number of nitrogens with zero attached hydrogens (tertiary/aromatic N) is 3. The average molecular weight is 355 g/mol. The van der Waals surface area contributed by atoms with Crippen molar-refractivity contribution in [3.8, 4) is 11.5 Å². The number of carbonyl (C=O) groups excluding carboxylic acids is 1. The second-order valence-corrected chi connectivity index (χ2v) is 6.10. The first kappa shape index (κ1) is 16.2. The lowest BCUT2D eigenvalue weighted by Gasteiger charge is -2.15. The zero-order valence-corrected chi connectivity index (χ0v) is 14.2. The first-order valence-corrected chi connectivity index (χ1v) is 8.33. The molecule has 8 heteroatoms. The molecule has 2 heterocycles. The van der Waals surface area contributed by atoms with Crippen LogP contribution in [0.15, 0.2) is 36.4 Å². The zero-order valence-electron chi connectivity index (χ0n) is 14.2. The molecule has 2 aromatic carbocycles. The summed E-state index contributed by atoms with van der Waals surface area (Å²) in [5.74, 6) is 0.354. The van der Waals surface area contributed by atoms with Crippen LogP contribution in [-0.4, -0.2) is 31.2 Å². The van der Waals surface area contributed by atoms with Crippen LogP contribution >= 0.6 is 0 Å². The highest BCUT2D eigenvalue weighted by atomic mass is 16.6. The first-order valence-electron chi connectivity index (χ1n) is 8.33. The molecule has 1 aliphatic rings. The molecule has 0 atom stereocenters. The van der Waals surface area contributed by atoms with Crippen LogP contribution in [0.25, 0.3) is 22.1 Å². The number of likely N-dealkylation sites (tertiary alicyclic amines) is 1. The van der Waals surface area contributed by atoms with Crippen LogP contribution in [-0.2, 0) is 0 Å². The number of fused-ring (bicyclic) bond motifs is 2. The van der Waals surface area contributed by atoms with Crippen molar-refractivity contribution < 1.29 is 23.7 Å². The second-order valence-electron chi connectivity index (χ2n) is 6.10. The zero-order chi connectivity index (χ0) is 18.3. The fraction of sp³-hybridized carbons (Fsp3) is 0.278. The lowest BCUT2D eigenvalue weighted by Crippen LogP contribution is -2.40. The first-order chi connectivity index (χ1) is 12.6. The van der Waals surface area contributed by atoms with Gasteiger partial charge in [0.15, 0.2) is 5.75 Å². The van der Waals surface area contributed by atoms with E-state index in [1.165, 1.54) is 25.3 Å². The Morgan fingerprint density at radius 3 is 2.08 bits per heavy atom. The molecular weight excluding hydrogens is 338 g/mol. The Kier molecular flexibility index (Phi) is 3.87. The van der Waals surface area contributed by atoms with Gasteiger partial charge in [-0.1, -0.05) is 12.1 Å². The molecule has 8 nitrogen and oxygen atoms in total. The lowest BCUT2D eigenvalue weighted by atomic mass is 10.2. The molecule has 1 amide bonds. The summed E-state index contributed by atoms with van der Waals surface area (Å²) < 4.78 is 11.9. The van der Waals surface area contributed by atoms with Crippen LogP contribution in [0.1, 0.15) is 12.8 Å². The molecule has 0 radical (unpaired) electrons. The monoisotopic (exact) mass is 355 g/mol. The number of methoxy groups -OCH3 is 1. The smallest absolute Gasteiger partial charge is 0.415 e. The van der Waals surface area contributed by atoms with E-state index in [9.17, 15) is 15.2 Å². The molecule has 0 unspecified atom stereocenters. The quantitative estimate of drug-likeness (QED) is 0.397. The van der Waals surface area contributed by atoms with Gasteiger partial charge in [0.1, 0.15) is 0 Å². The van der Waals surface area contributed by atoms with E-state index < -0.39 is 6.09 Å². The van der Waals surface area contributed by atoms with Gasteiger partial charge in [-0.05, 0) is 25.0 Å². The van der Waals surface area contributed by atoms with Gasteiger partial charge in [-0.3, -0.25) is 0 Å². The summed E-state index contributed by atoms with van der Waals surface area (Å²) in [7, 11) is 1.43. The number of hydrogen-bond donors (Lipinski definition) is 0. The maximum Gasteiger partial charge on any atom is 0.415 e. The van der Waals surface area contributed by atoms with Crippen molar-refractivity contribution in [3.05, 3.63) is 46.8 Å². The summed E-state index contributed by atoms with van der Waals surface area (Å²) >= 11 is 0. The van der Waals surface area contributed by atoms with Gasteiger partial charge in [-0.2, -0.15) is 9.46 Å². The van der Waals surface area contributed by atoms with Gasteiger partial charge in [0.2, 0.25) is 5.75 Å².